The second kappa shape index (κ2) is 8.25. The second-order valence-electron chi connectivity index (χ2n) is 9.08. The van der Waals surface area contributed by atoms with Gasteiger partial charge in [0, 0.05) is 44.7 Å². The zero-order chi connectivity index (χ0) is 22.7. The number of ether oxygens (including phenoxy) is 2. The summed E-state index contributed by atoms with van der Waals surface area (Å²) in [6, 6.07) is 23.0. The molecular formula is C28H23N2O3Pt-. The van der Waals surface area contributed by atoms with Gasteiger partial charge in [-0.25, -0.2) is 4.98 Å². The molecule has 6 heteroatoms. The Labute approximate surface area is 212 Å². The maximum atomic E-state index is 10.3. The van der Waals surface area contributed by atoms with Crippen LogP contribution in [0.2, 0.25) is 0 Å². The Hall–Kier alpha value is -3.17. The van der Waals surface area contributed by atoms with Gasteiger partial charge in [0.25, 0.3) is 0 Å². The van der Waals surface area contributed by atoms with Crippen LogP contribution >= 0.6 is 0 Å². The molecule has 6 rings (SSSR count). The van der Waals surface area contributed by atoms with Crippen molar-refractivity contribution in [3.8, 4) is 17.4 Å². The van der Waals surface area contributed by atoms with Gasteiger partial charge in [0.05, 0.1) is 0 Å². The molecule has 1 aromatic heterocycles. The van der Waals surface area contributed by atoms with Crippen molar-refractivity contribution in [2.45, 2.75) is 38.8 Å². The van der Waals surface area contributed by atoms with E-state index in [0.717, 1.165) is 28.5 Å². The van der Waals surface area contributed by atoms with Crippen molar-refractivity contribution in [3.63, 3.8) is 0 Å². The average molecular weight is 631 g/mol. The van der Waals surface area contributed by atoms with Crippen molar-refractivity contribution in [2.75, 3.05) is 0 Å². The fourth-order valence-electron chi connectivity index (χ4n) is 4.91. The minimum Gasteiger partial charge on any atom is -0.514 e. The maximum Gasteiger partial charge on any atom is 0.217 e. The van der Waals surface area contributed by atoms with Gasteiger partial charge >= 0.3 is 0 Å². The molecule has 174 valence electrons. The normalized spacial score (nSPS) is 20.2. The summed E-state index contributed by atoms with van der Waals surface area (Å²) in [7, 11) is 0. The SMILES string of the molecule is Cc1cc(Oc2ccc3cc(C)cc(O)c3n2)[c-]c(C2=N[C@@]3(C)c4ccccc4C[C@H]3O2)c1.[Pt]. The van der Waals surface area contributed by atoms with Gasteiger partial charge in [-0.15, -0.1) is 11.6 Å². The summed E-state index contributed by atoms with van der Waals surface area (Å²) in [4.78, 5) is 9.50. The smallest absolute Gasteiger partial charge is 0.217 e. The minimum atomic E-state index is -0.389. The quantitative estimate of drug-likeness (QED) is 0.293. The molecule has 3 aromatic carbocycles. The Bertz CT molecular complexity index is 1470. The summed E-state index contributed by atoms with van der Waals surface area (Å²) >= 11 is 0. The molecule has 0 bridgehead atoms. The predicted molar refractivity (Wildman–Crippen MR) is 127 cm³/mol. The number of aromatic hydroxyl groups is 1. The largest absolute Gasteiger partial charge is 0.514 e. The summed E-state index contributed by atoms with van der Waals surface area (Å²) in [6.07, 6.45) is 0.829. The fourth-order valence-corrected chi connectivity index (χ4v) is 4.91. The standard InChI is InChI=1S/C28H23N2O3.Pt/c1-16-11-20(27-30-28(3)22-7-5-4-6-18(22)15-24(28)33-27)14-21(12-16)32-25-9-8-19-10-17(2)13-23(31)26(19)29-25;/h4-13,24,31H,15H2,1-3H3;/q-1;/t24-,28+;/m1./s1. The number of hydrogen-bond donors (Lipinski definition) is 1. The zero-order valence-electron chi connectivity index (χ0n) is 19.0. The molecule has 0 radical (unpaired) electrons. The van der Waals surface area contributed by atoms with Crippen LogP contribution in [0.1, 0.15) is 34.7 Å². The Morgan fingerprint density at radius 2 is 1.85 bits per heavy atom. The number of rotatable bonds is 3. The van der Waals surface area contributed by atoms with Crippen molar-refractivity contribution in [2.24, 2.45) is 4.99 Å². The number of nitrogens with zero attached hydrogens (tertiary/aromatic N) is 2. The van der Waals surface area contributed by atoms with Crippen molar-refractivity contribution in [1.82, 2.24) is 4.98 Å². The van der Waals surface area contributed by atoms with Crippen LogP contribution in [0.4, 0.5) is 0 Å². The second-order valence-corrected chi connectivity index (χ2v) is 9.08. The third-order valence-corrected chi connectivity index (χ3v) is 6.51. The first-order valence-electron chi connectivity index (χ1n) is 11.1. The van der Waals surface area contributed by atoms with Crippen LogP contribution in [0.5, 0.6) is 17.4 Å². The Balaban J connectivity index is 0.00000241. The van der Waals surface area contributed by atoms with E-state index in [2.05, 4.69) is 42.2 Å². The molecule has 0 saturated carbocycles. The number of pyridine rings is 1. The predicted octanol–water partition coefficient (Wildman–Crippen LogP) is 5.76. The molecule has 1 N–H and O–H groups in total. The van der Waals surface area contributed by atoms with E-state index < -0.39 is 0 Å². The van der Waals surface area contributed by atoms with E-state index >= 15 is 0 Å². The Kier molecular flexibility index (Phi) is 5.48. The van der Waals surface area contributed by atoms with Crippen molar-refractivity contribution in [1.29, 1.82) is 0 Å². The van der Waals surface area contributed by atoms with Gasteiger partial charge in [-0.1, -0.05) is 48.9 Å². The molecule has 2 aliphatic rings. The van der Waals surface area contributed by atoms with E-state index in [9.17, 15) is 5.11 Å². The molecular weight excluding hydrogens is 607 g/mol. The fraction of sp³-hybridized carbons (Fsp3) is 0.214. The van der Waals surface area contributed by atoms with Crippen molar-refractivity contribution >= 4 is 16.8 Å². The van der Waals surface area contributed by atoms with Crippen LogP contribution in [0.3, 0.4) is 0 Å². The van der Waals surface area contributed by atoms with Gasteiger partial charge in [0.1, 0.15) is 28.8 Å². The van der Waals surface area contributed by atoms with Crippen LogP contribution < -0.4 is 4.74 Å². The van der Waals surface area contributed by atoms with Crippen LogP contribution in [-0.2, 0) is 37.8 Å². The Morgan fingerprint density at radius 1 is 1.06 bits per heavy atom. The molecule has 5 nitrogen and oxygen atoms in total. The number of fused-ring (bicyclic) bond motifs is 4. The molecule has 1 aliphatic heterocycles. The summed E-state index contributed by atoms with van der Waals surface area (Å²) in [6.45, 7) is 6.07. The third-order valence-electron chi connectivity index (χ3n) is 6.51. The molecule has 1 aliphatic carbocycles. The summed E-state index contributed by atoms with van der Waals surface area (Å²) in [5, 5.41) is 11.2. The average Bonchev–Trinajstić information content (AvgIpc) is 3.24. The van der Waals surface area contributed by atoms with E-state index in [1.165, 1.54) is 11.1 Å². The number of aromatic nitrogens is 1. The van der Waals surface area contributed by atoms with Crippen molar-refractivity contribution < 1.29 is 35.6 Å². The number of aryl methyl sites for hydroxylation is 2. The number of hydrogen-bond acceptors (Lipinski definition) is 5. The summed E-state index contributed by atoms with van der Waals surface area (Å²) in [5.74, 6) is 1.64. The van der Waals surface area contributed by atoms with Crippen LogP contribution in [0.15, 0.2) is 65.7 Å². The zero-order valence-corrected chi connectivity index (χ0v) is 21.3. The van der Waals surface area contributed by atoms with E-state index in [0.29, 0.717) is 23.0 Å². The monoisotopic (exact) mass is 630 g/mol. The molecule has 0 spiro atoms. The first kappa shape index (κ1) is 22.6. The number of aliphatic imine (C=N–C) groups is 1. The molecule has 0 unspecified atom stereocenters. The molecule has 4 aromatic rings. The number of phenols is 1. The van der Waals surface area contributed by atoms with E-state index in [1.54, 1.807) is 12.1 Å². The first-order chi connectivity index (χ1) is 15.9. The van der Waals surface area contributed by atoms with E-state index in [1.807, 2.05) is 38.1 Å². The summed E-state index contributed by atoms with van der Waals surface area (Å²) < 4.78 is 12.4. The number of benzene rings is 3. The molecule has 0 saturated heterocycles. The van der Waals surface area contributed by atoms with Gasteiger partial charge in [-0.2, -0.15) is 0 Å². The van der Waals surface area contributed by atoms with Gasteiger partial charge < -0.3 is 14.6 Å². The molecule has 34 heavy (non-hydrogen) atoms. The first-order valence-corrected chi connectivity index (χ1v) is 11.1. The molecule has 2 atom stereocenters. The Morgan fingerprint density at radius 3 is 2.71 bits per heavy atom. The summed E-state index contributed by atoms with van der Waals surface area (Å²) in [5.41, 5.74) is 5.39. The van der Waals surface area contributed by atoms with E-state index in [4.69, 9.17) is 14.5 Å². The van der Waals surface area contributed by atoms with Crippen LogP contribution in [0.25, 0.3) is 10.9 Å². The van der Waals surface area contributed by atoms with Gasteiger partial charge in [-0.3, -0.25) is 4.99 Å². The maximum absolute atomic E-state index is 10.3. The van der Waals surface area contributed by atoms with Gasteiger partial charge in [0.2, 0.25) is 5.88 Å². The van der Waals surface area contributed by atoms with E-state index in [-0.39, 0.29) is 38.5 Å². The van der Waals surface area contributed by atoms with Gasteiger partial charge in [0.15, 0.2) is 0 Å². The third kappa shape index (κ3) is 3.69. The molecule has 0 amide bonds. The molecule has 2 heterocycles. The molecule has 0 fully saturated rings. The van der Waals surface area contributed by atoms with Gasteiger partial charge in [-0.05, 0) is 48.7 Å². The minimum absolute atomic E-state index is 0. The van der Waals surface area contributed by atoms with Crippen molar-refractivity contribution in [3.05, 3.63) is 94.5 Å². The topological polar surface area (TPSA) is 63.9 Å². The van der Waals surface area contributed by atoms with Crippen LogP contribution in [0, 0.1) is 19.9 Å². The number of phenolic OH excluding ortho intramolecular Hbond substituents is 1. The van der Waals surface area contributed by atoms with Crippen LogP contribution in [-0.4, -0.2) is 22.1 Å².